The fourth-order valence-corrected chi connectivity index (χ4v) is 3.16. The van der Waals surface area contributed by atoms with Crippen molar-refractivity contribution in [3.05, 3.63) is 75.5 Å². The van der Waals surface area contributed by atoms with Crippen molar-refractivity contribution in [3.63, 3.8) is 0 Å². The van der Waals surface area contributed by atoms with Gasteiger partial charge in [-0.3, -0.25) is 9.69 Å². The maximum absolute atomic E-state index is 13.3. The molecular weight excluding hydrogens is 406 g/mol. The van der Waals surface area contributed by atoms with E-state index in [0.29, 0.717) is 6.42 Å². The normalized spacial score (nSPS) is 17.1. The number of carbonyl (C=O) groups excluding carboxylic acids is 1. The number of alkyl halides is 3. The number of benzene rings is 1. The van der Waals surface area contributed by atoms with E-state index in [2.05, 4.69) is 0 Å². The lowest BCUT2D eigenvalue weighted by atomic mass is 9.95. The Labute approximate surface area is 162 Å². The largest absolute Gasteiger partial charge is 0.505 e. The zero-order valence-electron chi connectivity index (χ0n) is 13.6. The van der Waals surface area contributed by atoms with E-state index in [4.69, 9.17) is 27.9 Å². The Balaban J connectivity index is 1.97. The molecule has 0 spiro atoms. The van der Waals surface area contributed by atoms with Crippen LogP contribution in [0.4, 0.5) is 13.2 Å². The van der Waals surface area contributed by atoms with E-state index in [-0.39, 0.29) is 39.1 Å². The fourth-order valence-electron chi connectivity index (χ4n) is 2.67. The van der Waals surface area contributed by atoms with Gasteiger partial charge in [0.25, 0.3) is 5.91 Å². The van der Waals surface area contributed by atoms with E-state index in [1.54, 1.807) is 0 Å². The first-order valence-electron chi connectivity index (χ1n) is 7.71. The summed E-state index contributed by atoms with van der Waals surface area (Å²) in [5.41, 5.74) is -0.786. The average molecular weight is 418 g/mol. The number of amides is 1. The molecule has 3 rings (SSSR count). The van der Waals surface area contributed by atoms with Crippen LogP contribution in [0.15, 0.2) is 59.9 Å². The summed E-state index contributed by atoms with van der Waals surface area (Å²) in [7, 11) is 0. The number of carbonyl (C=O) groups is 1. The van der Waals surface area contributed by atoms with Crippen LogP contribution in [0.2, 0.25) is 10.0 Å². The number of aromatic hydroxyl groups is 1. The van der Waals surface area contributed by atoms with Gasteiger partial charge in [-0.05, 0) is 25.0 Å². The van der Waals surface area contributed by atoms with Gasteiger partial charge in [-0.2, -0.15) is 13.2 Å². The molecule has 0 aromatic heterocycles. The van der Waals surface area contributed by atoms with Crippen molar-refractivity contribution in [3.8, 4) is 5.75 Å². The van der Waals surface area contributed by atoms with E-state index in [9.17, 15) is 23.1 Å². The summed E-state index contributed by atoms with van der Waals surface area (Å²) < 4.78 is 45.0. The van der Waals surface area contributed by atoms with Crippen LogP contribution in [-0.4, -0.2) is 22.1 Å². The SMILES string of the molecule is O=C(c1cc(Cl)c(O)c(Cl)c1)N1C=COC(C2=C(C(F)(F)F)C=CCC2)=C1. The smallest absolute Gasteiger partial charge is 0.416 e. The second-order valence-electron chi connectivity index (χ2n) is 5.73. The zero-order valence-corrected chi connectivity index (χ0v) is 15.1. The van der Waals surface area contributed by atoms with Gasteiger partial charge in [0.05, 0.1) is 21.8 Å². The number of halogens is 5. The number of allylic oxidation sites excluding steroid dienone is 4. The molecule has 0 fully saturated rings. The predicted octanol–water partition coefficient (Wildman–Crippen LogP) is 5.69. The predicted molar refractivity (Wildman–Crippen MR) is 94.1 cm³/mol. The molecule has 9 heteroatoms. The molecule has 0 saturated carbocycles. The highest BCUT2D eigenvalue weighted by Gasteiger charge is 2.37. The molecule has 1 aromatic carbocycles. The van der Waals surface area contributed by atoms with Crippen LogP contribution in [0.3, 0.4) is 0 Å². The number of nitrogens with zero attached hydrogens (tertiary/aromatic N) is 1. The molecule has 1 aromatic rings. The quantitative estimate of drug-likeness (QED) is 0.671. The minimum absolute atomic E-state index is 0.0334. The number of rotatable bonds is 2. The van der Waals surface area contributed by atoms with Gasteiger partial charge in [0.15, 0.2) is 5.75 Å². The molecular formula is C18H12Cl2F3NO3. The number of ether oxygens (including phenoxy) is 1. The highest BCUT2D eigenvalue weighted by molar-refractivity contribution is 6.37. The first-order chi connectivity index (χ1) is 12.7. The lowest BCUT2D eigenvalue weighted by molar-refractivity contribution is -0.0894. The monoisotopic (exact) mass is 417 g/mol. The second kappa shape index (κ2) is 7.32. The van der Waals surface area contributed by atoms with Crippen molar-refractivity contribution in [2.24, 2.45) is 0 Å². The summed E-state index contributed by atoms with van der Waals surface area (Å²) in [6.07, 6.45) is 2.02. The van der Waals surface area contributed by atoms with Crippen molar-refractivity contribution in [2.45, 2.75) is 19.0 Å². The minimum atomic E-state index is -4.54. The third kappa shape index (κ3) is 3.99. The Morgan fingerprint density at radius 3 is 2.52 bits per heavy atom. The minimum Gasteiger partial charge on any atom is -0.505 e. The van der Waals surface area contributed by atoms with Gasteiger partial charge >= 0.3 is 6.18 Å². The maximum Gasteiger partial charge on any atom is 0.416 e. The molecule has 0 atom stereocenters. The summed E-state index contributed by atoms with van der Waals surface area (Å²) in [5, 5.41) is 9.35. The first-order valence-corrected chi connectivity index (χ1v) is 8.47. The zero-order chi connectivity index (χ0) is 19.8. The summed E-state index contributed by atoms with van der Waals surface area (Å²) in [6, 6.07) is 2.43. The maximum atomic E-state index is 13.3. The van der Waals surface area contributed by atoms with Gasteiger partial charge < -0.3 is 9.84 Å². The van der Waals surface area contributed by atoms with Crippen LogP contribution in [0, 0.1) is 0 Å². The Hall–Kier alpha value is -2.38. The van der Waals surface area contributed by atoms with Crippen LogP contribution in [0.25, 0.3) is 0 Å². The summed E-state index contributed by atoms with van der Waals surface area (Å²) in [4.78, 5) is 13.7. The molecule has 1 aliphatic heterocycles. The lowest BCUT2D eigenvalue weighted by Crippen LogP contribution is -2.24. The molecule has 1 aliphatic carbocycles. The number of phenols is 1. The van der Waals surface area contributed by atoms with Crippen molar-refractivity contribution >= 4 is 29.1 Å². The Morgan fingerprint density at radius 1 is 1.22 bits per heavy atom. The Morgan fingerprint density at radius 2 is 1.89 bits per heavy atom. The molecule has 0 unspecified atom stereocenters. The van der Waals surface area contributed by atoms with Gasteiger partial charge in [-0.25, -0.2) is 0 Å². The van der Waals surface area contributed by atoms with Crippen molar-refractivity contribution in [1.29, 1.82) is 0 Å². The highest BCUT2D eigenvalue weighted by Crippen LogP contribution is 2.38. The standard InChI is InChI=1S/C18H12Cl2F3NO3/c19-13-7-10(8-14(20)16(13)25)17(26)24-5-6-27-15(9-24)11-3-1-2-4-12(11)18(21,22)23/h2,4-9,25H,1,3H2. The lowest BCUT2D eigenvalue weighted by Gasteiger charge is -2.24. The van der Waals surface area contributed by atoms with E-state index in [1.165, 1.54) is 30.6 Å². The molecule has 0 radical (unpaired) electrons. The molecule has 1 N–H and O–H groups in total. The average Bonchev–Trinajstić information content (AvgIpc) is 2.64. The number of phenolic OH excluding ortho intramolecular Hbond substituents is 1. The second-order valence-corrected chi connectivity index (χ2v) is 6.54. The van der Waals surface area contributed by atoms with Gasteiger partial charge in [-0.1, -0.05) is 35.4 Å². The summed E-state index contributed by atoms with van der Waals surface area (Å²) in [5.74, 6) is -1.03. The molecule has 0 saturated heterocycles. The highest BCUT2D eigenvalue weighted by atomic mass is 35.5. The third-order valence-electron chi connectivity index (χ3n) is 3.94. The van der Waals surface area contributed by atoms with Crippen LogP contribution in [0.1, 0.15) is 23.2 Å². The van der Waals surface area contributed by atoms with Crippen LogP contribution in [0.5, 0.6) is 5.75 Å². The fraction of sp³-hybridized carbons (Fsp3) is 0.167. The number of hydrogen-bond acceptors (Lipinski definition) is 3. The summed E-state index contributed by atoms with van der Waals surface area (Å²) in [6.45, 7) is 0. The first kappa shape index (κ1) is 19.4. The summed E-state index contributed by atoms with van der Waals surface area (Å²) >= 11 is 11.6. The van der Waals surface area contributed by atoms with Crippen molar-refractivity contribution in [2.75, 3.05) is 0 Å². The van der Waals surface area contributed by atoms with Crippen molar-refractivity contribution < 1.29 is 27.8 Å². The van der Waals surface area contributed by atoms with Crippen LogP contribution < -0.4 is 0 Å². The van der Waals surface area contributed by atoms with Crippen LogP contribution >= 0.6 is 23.2 Å². The number of hydrogen-bond donors (Lipinski definition) is 1. The molecule has 0 bridgehead atoms. The van der Waals surface area contributed by atoms with Crippen molar-refractivity contribution in [1.82, 2.24) is 4.90 Å². The third-order valence-corrected chi connectivity index (χ3v) is 4.52. The molecule has 1 amide bonds. The molecule has 4 nitrogen and oxygen atoms in total. The van der Waals surface area contributed by atoms with Gasteiger partial charge in [0.2, 0.25) is 0 Å². The van der Waals surface area contributed by atoms with Gasteiger partial charge in [0.1, 0.15) is 12.0 Å². The molecule has 142 valence electrons. The topological polar surface area (TPSA) is 49.8 Å². The van der Waals surface area contributed by atoms with Crippen LogP contribution in [-0.2, 0) is 4.74 Å². The van der Waals surface area contributed by atoms with E-state index >= 15 is 0 Å². The Bertz CT molecular complexity index is 894. The molecule has 2 aliphatic rings. The van der Waals surface area contributed by atoms with E-state index < -0.39 is 17.7 Å². The molecule has 27 heavy (non-hydrogen) atoms. The van der Waals surface area contributed by atoms with E-state index in [1.807, 2.05) is 0 Å². The van der Waals surface area contributed by atoms with E-state index in [0.717, 1.165) is 17.2 Å². The Kier molecular flexibility index (Phi) is 5.26. The van der Waals surface area contributed by atoms with Gasteiger partial charge in [-0.15, -0.1) is 0 Å². The van der Waals surface area contributed by atoms with Gasteiger partial charge in [0, 0.05) is 17.3 Å². The molecule has 1 heterocycles.